The van der Waals surface area contributed by atoms with Crippen LogP contribution in [0.1, 0.15) is 16.1 Å². The summed E-state index contributed by atoms with van der Waals surface area (Å²) in [6, 6.07) is 21.2. The number of ether oxygens (including phenoxy) is 1. The first-order chi connectivity index (χ1) is 11.8. The predicted molar refractivity (Wildman–Crippen MR) is 93.8 cm³/mol. The van der Waals surface area contributed by atoms with Crippen LogP contribution in [0, 0.1) is 0 Å². The highest BCUT2D eigenvalue weighted by Crippen LogP contribution is 2.18. The fourth-order valence-electron chi connectivity index (χ4n) is 2.44. The second-order valence-electron chi connectivity index (χ2n) is 5.29. The van der Waals surface area contributed by atoms with Crippen molar-refractivity contribution in [2.24, 2.45) is 0 Å². The summed E-state index contributed by atoms with van der Waals surface area (Å²) in [5.41, 5.74) is 3.38. The van der Waals surface area contributed by atoms with Gasteiger partial charge in [0.05, 0.1) is 7.11 Å². The largest absolute Gasteiger partial charge is 0.496 e. The molecule has 2 aromatic carbocycles. The number of para-hydroxylation sites is 1. The summed E-state index contributed by atoms with van der Waals surface area (Å²) in [6.07, 6.45) is 1.72. The van der Waals surface area contributed by atoms with Crippen LogP contribution in [0.5, 0.6) is 5.75 Å². The normalized spacial score (nSPS) is 10.2. The maximum atomic E-state index is 12.3. The third-order valence-electron chi connectivity index (χ3n) is 3.74. The quantitative estimate of drug-likeness (QED) is 0.780. The third-order valence-corrected chi connectivity index (χ3v) is 3.74. The molecular formula is C20H18N2O2. The molecule has 4 nitrogen and oxygen atoms in total. The number of hydrogen-bond donors (Lipinski definition) is 1. The highest BCUT2D eigenvalue weighted by molar-refractivity contribution is 5.92. The number of benzene rings is 2. The summed E-state index contributed by atoms with van der Waals surface area (Å²) in [6.45, 7) is 0.394. The molecule has 3 aromatic rings. The van der Waals surface area contributed by atoms with Crippen LogP contribution in [0.15, 0.2) is 72.9 Å². The van der Waals surface area contributed by atoms with Gasteiger partial charge in [-0.2, -0.15) is 0 Å². The summed E-state index contributed by atoms with van der Waals surface area (Å²) in [4.78, 5) is 16.5. The molecule has 0 atom stereocenters. The Hall–Kier alpha value is -3.14. The summed E-state index contributed by atoms with van der Waals surface area (Å²) >= 11 is 0. The SMILES string of the molecule is COc1ccccc1CNC(=O)c1ccc(-c2ccccc2)cn1. The molecule has 0 saturated heterocycles. The summed E-state index contributed by atoms with van der Waals surface area (Å²) in [5.74, 6) is 0.547. The zero-order valence-electron chi connectivity index (χ0n) is 13.4. The minimum atomic E-state index is -0.208. The lowest BCUT2D eigenvalue weighted by molar-refractivity contribution is 0.0945. The van der Waals surface area contributed by atoms with Gasteiger partial charge in [0.2, 0.25) is 0 Å². The molecule has 0 spiro atoms. The van der Waals surface area contributed by atoms with Crippen LogP contribution in [0.3, 0.4) is 0 Å². The maximum absolute atomic E-state index is 12.3. The zero-order chi connectivity index (χ0) is 16.8. The van der Waals surface area contributed by atoms with Crippen LogP contribution in [-0.2, 0) is 6.54 Å². The zero-order valence-corrected chi connectivity index (χ0v) is 13.4. The van der Waals surface area contributed by atoms with Crippen molar-refractivity contribution in [1.82, 2.24) is 10.3 Å². The fraction of sp³-hybridized carbons (Fsp3) is 0.100. The first-order valence-electron chi connectivity index (χ1n) is 7.69. The van der Waals surface area contributed by atoms with E-state index in [9.17, 15) is 4.79 Å². The number of carbonyl (C=O) groups excluding carboxylic acids is 1. The molecule has 0 unspecified atom stereocenters. The van der Waals surface area contributed by atoms with Gasteiger partial charge >= 0.3 is 0 Å². The molecule has 0 radical (unpaired) electrons. The molecule has 0 aliphatic rings. The number of hydrogen-bond acceptors (Lipinski definition) is 3. The smallest absolute Gasteiger partial charge is 0.270 e. The number of aromatic nitrogens is 1. The van der Waals surface area contributed by atoms with Crippen molar-refractivity contribution >= 4 is 5.91 Å². The standard InChI is InChI=1S/C20H18N2O2/c1-24-19-10-6-5-9-17(19)14-22-20(23)18-12-11-16(13-21-18)15-7-3-2-4-8-15/h2-13H,14H2,1H3,(H,22,23). The number of carbonyl (C=O) groups is 1. The van der Waals surface area contributed by atoms with Crippen molar-refractivity contribution in [2.75, 3.05) is 7.11 Å². The lowest BCUT2D eigenvalue weighted by Crippen LogP contribution is -2.24. The van der Waals surface area contributed by atoms with Crippen molar-refractivity contribution in [1.29, 1.82) is 0 Å². The predicted octanol–water partition coefficient (Wildman–Crippen LogP) is 3.69. The van der Waals surface area contributed by atoms with Gasteiger partial charge in [0, 0.05) is 23.9 Å². The van der Waals surface area contributed by atoms with Crippen LogP contribution in [0.2, 0.25) is 0 Å². The summed E-state index contributed by atoms with van der Waals surface area (Å²) < 4.78 is 5.28. The Bertz CT molecular complexity index is 815. The lowest BCUT2D eigenvalue weighted by atomic mass is 10.1. The Morgan fingerprint density at radius 2 is 1.71 bits per heavy atom. The van der Waals surface area contributed by atoms with E-state index in [1.807, 2.05) is 60.7 Å². The van der Waals surface area contributed by atoms with Gasteiger partial charge in [-0.15, -0.1) is 0 Å². The fourth-order valence-corrected chi connectivity index (χ4v) is 2.44. The second kappa shape index (κ2) is 7.42. The number of rotatable bonds is 5. The van der Waals surface area contributed by atoms with Crippen LogP contribution in [-0.4, -0.2) is 18.0 Å². The van der Waals surface area contributed by atoms with E-state index < -0.39 is 0 Å². The first-order valence-corrected chi connectivity index (χ1v) is 7.69. The van der Waals surface area contributed by atoms with E-state index in [4.69, 9.17) is 4.74 Å². The Morgan fingerprint density at radius 1 is 0.958 bits per heavy atom. The summed E-state index contributed by atoms with van der Waals surface area (Å²) in [7, 11) is 1.62. The van der Waals surface area contributed by atoms with Crippen molar-refractivity contribution in [2.45, 2.75) is 6.54 Å². The van der Waals surface area contributed by atoms with Gasteiger partial charge in [-0.1, -0.05) is 54.6 Å². The van der Waals surface area contributed by atoms with Crippen LogP contribution < -0.4 is 10.1 Å². The van der Waals surface area contributed by atoms with E-state index in [1.165, 1.54) is 0 Å². The van der Waals surface area contributed by atoms with E-state index in [-0.39, 0.29) is 5.91 Å². The number of pyridine rings is 1. The topological polar surface area (TPSA) is 51.2 Å². The van der Waals surface area contributed by atoms with Gasteiger partial charge in [0.1, 0.15) is 11.4 Å². The molecule has 24 heavy (non-hydrogen) atoms. The molecular weight excluding hydrogens is 300 g/mol. The molecule has 1 heterocycles. The number of methoxy groups -OCH3 is 1. The molecule has 0 aliphatic carbocycles. The molecule has 0 fully saturated rings. The molecule has 1 amide bonds. The van der Waals surface area contributed by atoms with Crippen molar-refractivity contribution in [3.8, 4) is 16.9 Å². The molecule has 0 aliphatic heterocycles. The Labute approximate surface area is 141 Å². The van der Waals surface area contributed by atoms with Gasteiger partial charge in [-0.05, 0) is 17.7 Å². The molecule has 0 bridgehead atoms. The van der Waals surface area contributed by atoms with Gasteiger partial charge < -0.3 is 10.1 Å². The van der Waals surface area contributed by atoms with Crippen LogP contribution in [0.4, 0.5) is 0 Å². The lowest BCUT2D eigenvalue weighted by Gasteiger charge is -2.09. The monoisotopic (exact) mass is 318 g/mol. The molecule has 4 heteroatoms. The van der Waals surface area contributed by atoms with Gasteiger partial charge in [0.15, 0.2) is 0 Å². The van der Waals surface area contributed by atoms with E-state index in [2.05, 4.69) is 10.3 Å². The van der Waals surface area contributed by atoms with E-state index in [0.717, 1.165) is 22.4 Å². The van der Waals surface area contributed by atoms with E-state index in [0.29, 0.717) is 12.2 Å². The average molecular weight is 318 g/mol. The number of nitrogens with zero attached hydrogens (tertiary/aromatic N) is 1. The third kappa shape index (κ3) is 3.60. The van der Waals surface area contributed by atoms with Gasteiger partial charge in [-0.3, -0.25) is 9.78 Å². The first kappa shape index (κ1) is 15.7. The Balaban J connectivity index is 1.67. The number of nitrogens with one attached hydrogen (secondary N) is 1. The Morgan fingerprint density at radius 3 is 2.42 bits per heavy atom. The van der Waals surface area contributed by atoms with E-state index in [1.54, 1.807) is 19.4 Å². The molecule has 120 valence electrons. The highest BCUT2D eigenvalue weighted by atomic mass is 16.5. The average Bonchev–Trinajstić information content (AvgIpc) is 2.67. The minimum Gasteiger partial charge on any atom is -0.496 e. The molecule has 1 N–H and O–H groups in total. The Kier molecular flexibility index (Phi) is 4.87. The summed E-state index contributed by atoms with van der Waals surface area (Å²) in [5, 5.41) is 2.87. The maximum Gasteiger partial charge on any atom is 0.270 e. The van der Waals surface area contributed by atoms with Crippen molar-refractivity contribution in [3.63, 3.8) is 0 Å². The van der Waals surface area contributed by atoms with Crippen LogP contribution in [0.25, 0.3) is 11.1 Å². The van der Waals surface area contributed by atoms with Gasteiger partial charge in [0.25, 0.3) is 5.91 Å². The van der Waals surface area contributed by atoms with Crippen molar-refractivity contribution in [3.05, 3.63) is 84.2 Å². The molecule has 1 aromatic heterocycles. The molecule has 3 rings (SSSR count). The van der Waals surface area contributed by atoms with E-state index >= 15 is 0 Å². The minimum absolute atomic E-state index is 0.208. The van der Waals surface area contributed by atoms with Crippen molar-refractivity contribution < 1.29 is 9.53 Å². The number of amides is 1. The second-order valence-corrected chi connectivity index (χ2v) is 5.29. The van der Waals surface area contributed by atoms with Crippen LogP contribution >= 0.6 is 0 Å². The van der Waals surface area contributed by atoms with Gasteiger partial charge in [-0.25, -0.2) is 0 Å². The highest BCUT2D eigenvalue weighted by Gasteiger charge is 2.09. The molecule has 0 saturated carbocycles.